The van der Waals surface area contributed by atoms with Gasteiger partial charge in [0.1, 0.15) is 11.4 Å². The predicted octanol–water partition coefficient (Wildman–Crippen LogP) is 6.33. The van der Waals surface area contributed by atoms with Crippen molar-refractivity contribution in [1.29, 1.82) is 0 Å². The highest BCUT2D eigenvalue weighted by atomic mass is 19.1. The fourth-order valence-electron chi connectivity index (χ4n) is 3.65. The van der Waals surface area contributed by atoms with Crippen molar-refractivity contribution in [1.82, 2.24) is 5.16 Å². The van der Waals surface area contributed by atoms with E-state index in [-0.39, 0.29) is 22.7 Å². The molecule has 0 saturated carbocycles. The van der Waals surface area contributed by atoms with E-state index in [4.69, 9.17) is 8.94 Å². The lowest BCUT2D eigenvalue weighted by molar-refractivity contribution is 0.101. The molecule has 5 aromatic rings. The van der Waals surface area contributed by atoms with Crippen LogP contribution in [0.1, 0.15) is 37.7 Å². The number of amides is 1. The van der Waals surface area contributed by atoms with Crippen LogP contribution in [0.4, 0.5) is 10.1 Å². The van der Waals surface area contributed by atoms with Crippen LogP contribution in [0.25, 0.3) is 22.3 Å². The number of carbonyl (C=O) groups is 2. The molecule has 3 aromatic carbocycles. The van der Waals surface area contributed by atoms with Crippen molar-refractivity contribution in [3.05, 3.63) is 107 Å². The fraction of sp³-hybridized carbons (Fsp3) is 0.0741. The number of hydrogen-bond donors (Lipinski definition) is 1. The summed E-state index contributed by atoms with van der Waals surface area (Å²) in [5.74, 6) is -1.10. The van der Waals surface area contributed by atoms with E-state index in [0.717, 1.165) is 16.7 Å². The van der Waals surface area contributed by atoms with Crippen LogP contribution in [-0.4, -0.2) is 16.8 Å². The van der Waals surface area contributed by atoms with Gasteiger partial charge >= 0.3 is 0 Å². The Morgan fingerprint density at radius 1 is 0.912 bits per heavy atom. The zero-order valence-electron chi connectivity index (χ0n) is 18.4. The molecule has 0 aliphatic heterocycles. The Balaban J connectivity index is 1.49. The summed E-state index contributed by atoms with van der Waals surface area (Å²) >= 11 is 0. The standard InChI is InChI=1S/C27H19FN2O4/c1-15-7-8-18(13-16(15)2)23-14-21(30-34-23)27(32)29-24-20-5-3-4-6-22(20)33-26(24)25(31)17-9-11-19(28)12-10-17/h3-14H,1-2H3,(H,29,32). The molecule has 0 aliphatic rings. The molecular formula is C27H19FN2O4. The van der Waals surface area contributed by atoms with Gasteiger partial charge in [0.2, 0.25) is 5.78 Å². The molecule has 0 unspecified atom stereocenters. The minimum Gasteiger partial charge on any atom is -0.450 e. The van der Waals surface area contributed by atoms with Gasteiger partial charge in [-0.2, -0.15) is 0 Å². The highest BCUT2D eigenvalue weighted by molar-refractivity contribution is 6.18. The lowest BCUT2D eigenvalue weighted by Crippen LogP contribution is -2.14. The van der Waals surface area contributed by atoms with Gasteiger partial charge in [0.25, 0.3) is 5.91 Å². The summed E-state index contributed by atoms with van der Waals surface area (Å²) in [6.45, 7) is 4.00. The second-order valence-corrected chi connectivity index (χ2v) is 7.97. The van der Waals surface area contributed by atoms with Crippen LogP contribution in [-0.2, 0) is 0 Å². The fourth-order valence-corrected chi connectivity index (χ4v) is 3.65. The first-order chi connectivity index (χ1) is 16.4. The van der Waals surface area contributed by atoms with Crippen molar-refractivity contribution in [2.24, 2.45) is 0 Å². The molecule has 2 aromatic heterocycles. The van der Waals surface area contributed by atoms with E-state index in [1.54, 1.807) is 30.3 Å². The number of aryl methyl sites for hydroxylation is 2. The summed E-state index contributed by atoms with van der Waals surface area (Å²) in [6, 6.07) is 19.4. The molecular weight excluding hydrogens is 435 g/mol. The largest absolute Gasteiger partial charge is 0.450 e. The molecule has 0 bridgehead atoms. The number of anilines is 1. The number of hydrogen-bond acceptors (Lipinski definition) is 5. The Labute approximate surface area is 194 Å². The van der Waals surface area contributed by atoms with E-state index in [9.17, 15) is 14.0 Å². The lowest BCUT2D eigenvalue weighted by atomic mass is 10.0. The van der Waals surface area contributed by atoms with Crippen LogP contribution in [0.5, 0.6) is 0 Å². The normalized spacial score (nSPS) is 11.0. The number of nitrogens with zero attached hydrogens (tertiary/aromatic N) is 1. The summed E-state index contributed by atoms with van der Waals surface area (Å²) in [6.07, 6.45) is 0. The van der Waals surface area contributed by atoms with E-state index in [1.807, 2.05) is 32.0 Å². The number of ketones is 1. The van der Waals surface area contributed by atoms with Crippen molar-refractivity contribution in [2.45, 2.75) is 13.8 Å². The second-order valence-electron chi connectivity index (χ2n) is 7.97. The monoisotopic (exact) mass is 454 g/mol. The summed E-state index contributed by atoms with van der Waals surface area (Å²) in [4.78, 5) is 26.2. The maximum absolute atomic E-state index is 13.3. The summed E-state index contributed by atoms with van der Waals surface area (Å²) in [7, 11) is 0. The maximum Gasteiger partial charge on any atom is 0.277 e. The molecule has 1 amide bonds. The van der Waals surface area contributed by atoms with Crippen LogP contribution < -0.4 is 5.32 Å². The number of para-hydroxylation sites is 1. The van der Waals surface area contributed by atoms with Crippen LogP contribution in [0.15, 0.2) is 81.7 Å². The first kappa shape index (κ1) is 21.3. The second kappa shape index (κ2) is 8.44. The molecule has 0 saturated heterocycles. The molecule has 1 N–H and O–H groups in total. The van der Waals surface area contributed by atoms with Crippen LogP contribution in [0, 0.1) is 19.7 Å². The number of furan rings is 1. The quantitative estimate of drug-likeness (QED) is 0.314. The van der Waals surface area contributed by atoms with Crippen molar-refractivity contribution >= 4 is 28.3 Å². The van der Waals surface area contributed by atoms with E-state index >= 15 is 0 Å². The van der Waals surface area contributed by atoms with Crippen LogP contribution in [0.3, 0.4) is 0 Å². The number of aromatic nitrogens is 1. The molecule has 0 radical (unpaired) electrons. The molecule has 0 fully saturated rings. The smallest absolute Gasteiger partial charge is 0.277 e. The Morgan fingerprint density at radius 2 is 1.68 bits per heavy atom. The SMILES string of the molecule is Cc1ccc(-c2cc(C(=O)Nc3c(C(=O)c4ccc(F)cc4)oc4ccccc34)no2)cc1C. The molecule has 168 valence electrons. The number of carbonyl (C=O) groups excluding carboxylic acids is 2. The summed E-state index contributed by atoms with van der Waals surface area (Å²) in [5.41, 5.74) is 3.97. The highest BCUT2D eigenvalue weighted by Gasteiger charge is 2.25. The van der Waals surface area contributed by atoms with Gasteiger partial charge in [-0.1, -0.05) is 29.4 Å². The number of benzene rings is 3. The number of halogens is 1. The molecule has 2 heterocycles. The zero-order valence-corrected chi connectivity index (χ0v) is 18.4. The van der Waals surface area contributed by atoms with Gasteiger partial charge in [0.05, 0.1) is 5.69 Å². The zero-order chi connectivity index (χ0) is 23.8. The average molecular weight is 454 g/mol. The molecule has 34 heavy (non-hydrogen) atoms. The van der Waals surface area contributed by atoms with Gasteiger partial charge < -0.3 is 14.3 Å². The van der Waals surface area contributed by atoms with Crippen LogP contribution >= 0.6 is 0 Å². The molecule has 5 rings (SSSR count). The molecule has 0 atom stereocenters. The third-order valence-corrected chi connectivity index (χ3v) is 5.68. The third kappa shape index (κ3) is 3.88. The van der Waals surface area contributed by atoms with Gasteiger partial charge in [0, 0.05) is 22.6 Å². The molecule has 0 aliphatic carbocycles. The summed E-state index contributed by atoms with van der Waals surface area (Å²) < 4.78 is 24.5. The maximum atomic E-state index is 13.3. The molecule has 7 heteroatoms. The van der Waals surface area contributed by atoms with Crippen molar-refractivity contribution in [2.75, 3.05) is 5.32 Å². The number of rotatable bonds is 5. The predicted molar refractivity (Wildman–Crippen MR) is 125 cm³/mol. The minimum atomic E-state index is -0.557. The van der Waals surface area contributed by atoms with Crippen molar-refractivity contribution < 1.29 is 22.9 Å². The Kier molecular flexibility index (Phi) is 5.30. The van der Waals surface area contributed by atoms with Crippen LogP contribution in [0.2, 0.25) is 0 Å². The lowest BCUT2D eigenvalue weighted by Gasteiger charge is -2.04. The Hall–Kier alpha value is -4.52. The average Bonchev–Trinajstić information content (AvgIpc) is 3.47. The van der Waals surface area contributed by atoms with E-state index < -0.39 is 17.5 Å². The summed E-state index contributed by atoms with van der Waals surface area (Å²) in [5, 5.41) is 7.21. The van der Waals surface area contributed by atoms with Gasteiger partial charge in [-0.15, -0.1) is 0 Å². The molecule has 0 spiro atoms. The first-order valence-corrected chi connectivity index (χ1v) is 10.6. The van der Waals surface area contributed by atoms with Gasteiger partial charge in [-0.3, -0.25) is 9.59 Å². The minimum absolute atomic E-state index is 0.0543. The van der Waals surface area contributed by atoms with E-state index in [0.29, 0.717) is 16.7 Å². The van der Waals surface area contributed by atoms with Gasteiger partial charge in [-0.25, -0.2) is 4.39 Å². The highest BCUT2D eigenvalue weighted by Crippen LogP contribution is 2.33. The van der Waals surface area contributed by atoms with Gasteiger partial charge in [0.15, 0.2) is 17.2 Å². The Morgan fingerprint density at radius 3 is 2.44 bits per heavy atom. The van der Waals surface area contributed by atoms with Crippen molar-refractivity contribution in [3.8, 4) is 11.3 Å². The molecule has 6 nitrogen and oxygen atoms in total. The first-order valence-electron chi connectivity index (χ1n) is 10.6. The Bertz CT molecular complexity index is 1550. The van der Waals surface area contributed by atoms with Crippen molar-refractivity contribution in [3.63, 3.8) is 0 Å². The third-order valence-electron chi connectivity index (χ3n) is 5.68. The topological polar surface area (TPSA) is 85.3 Å². The van der Waals surface area contributed by atoms with E-state index in [1.165, 1.54) is 24.3 Å². The number of fused-ring (bicyclic) bond motifs is 1. The number of nitrogens with one attached hydrogen (secondary N) is 1. The van der Waals surface area contributed by atoms with Gasteiger partial charge in [-0.05, 0) is 67.4 Å². The van der Waals surface area contributed by atoms with E-state index in [2.05, 4.69) is 10.5 Å².